The van der Waals surface area contributed by atoms with Crippen molar-refractivity contribution in [3.8, 4) is 17.2 Å². The summed E-state index contributed by atoms with van der Waals surface area (Å²) in [6.45, 7) is 0.506. The molecule has 0 saturated carbocycles. The molecular formula is C29H22O5. The predicted molar refractivity (Wildman–Crippen MR) is 128 cm³/mol. The fraction of sp³-hybridized carbons (Fsp3) is 0.103. The number of carbonyl (C=O) groups is 2. The van der Waals surface area contributed by atoms with Crippen molar-refractivity contribution >= 4 is 11.9 Å². The molecule has 1 aliphatic rings. The van der Waals surface area contributed by atoms with Crippen LogP contribution in [0.25, 0.3) is 0 Å². The largest absolute Gasteiger partial charge is 0.493 e. The number of rotatable bonds is 5. The van der Waals surface area contributed by atoms with Gasteiger partial charge in [0.1, 0.15) is 17.2 Å². The second-order valence-corrected chi connectivity index (χ2v) is 8.06. The van der Waals surface area contributed by atoms with Crippen molar-refractivity contribution in [2.75, 3.05) is 6.61 Å². The van der Waals surface area contributed by atoms with Crippen LogP contribution in [0.3, 0.4) is 0 Å². The molecule has 1 heterocycles. The molecule has 4 aromatic rings. The van der Waals surface area contributed by atoms with Crippen LogP contribution in [-0.2, 0) is 6.42 Å². The van der Waals surface area contributed by atoms with Crippen LogP contribution < -0.4 is 14.2 Å². The minimum absolute atomic E-state index is 0.170. The third-order valence-electron chi connectivity index (χ3n) is 5.74. The Morgan fingerprint density at radius 1 is 0.676 bits per heavy atom. The van der Waals surface area contributed by atoms with Crippen LogP contribution in [0.4, 0.5) is 0 Å². The van der Waals surface area contributed by atoms with Gasteiger partial charge >= 0.3 is 11.9 Å². The van der Waals surface area contributed by atoms with Crippen LogP contribution >= 0.6 is 0 Å². The van der Waals surface area contributed by atoms with Crippen molar-refractivity contribution in [3.05, 3.63) is 125 Å². The van der Waals surface area contributed by atoms with E-state index in [-0.39, 0.29) is 11.9 Å². The van der Waals surface area contributed by atoms with Crippen molar-refractivity contribution in [1.82, 2.24) is 0 Å². The fourth-order valence-corrected chi connectivity index (χ4v) is 3.92. The molecule has 0 aliphatic carbocycles. The lowest BCUT2D eigenvalue weighted by Crippen LogP contribution is -2.19. The van der Waals surface area contributed by atoms with Gasteiger partial charge in [-0.1, -0.05) is 54.6 Å². The van der Waals surface area contributed by atoms with Crippen molar-refractivity contribution in [2.24, 2.45) is 0 Å². The van der Waals surface area contributed by atoms with Crippen LogP contribution in [-0.4, -0.2) is 18.5 Å². The highest BCUT2D eigenvalue weighted by Gasteiger charge is 2.22. The van der Waals surface area contributed by atoms with Gasteiger partial charge in [-0.2, -0.15) is 0 Å². The van der Waals surface area contributed by atoms with Gasteiger partial charge < -0.3 is 14.2 Å². The Bertz CT molecular complexity index is 1300. The number of benzene rings is 4. The maximum absolute atomic E-state index is 12.3. The Balaban J connectivity index is 1.22. The predicted octanol–water partition coefficient (Wildman–Crippen LogP) is 5.84. The monoisotopic (exact) mass is 450 g/mol. The zero-order valence-corrected chi connectivity index (χ0v) is 18.3. The van der Waals surface area contributed by atoms with Gasteiger partial charge in [0.15, 0.2) is 0 Å². The first-order valence-electron chi connectivity index (χ1n) is 11.1. The second kappa shape index (κ2) is 9.63. The summed E-state index contributed by atoms with van der Waals surface area (Å²) >= 11 is 0. The summed E-state index contributed by atoms with van der Waals surface area (Å²) in [6.07, 6.45) is 0.797. The molecule has 5 heteroatoms. The van der Waals surface area contributed by atoms with E-state index in [0.29, 0.717) is 29.2 Å². The van der Waals surface area contributed by atoms with Gasteiger partial charge in [0.05, 0.1) is 17.7 Å². The fourth-order valence-electron chi connectivity index (χ4n) is 3.92. The molecule has 0 unspecified atom stereocenters. The Hall–Kier alpha value is -4.38. The summed E-state index contributed by atoms with van der Waals surface area (Å²) < 4.78 is 17.0. The average Bonchev–Trinajstić information content (AvgIpc) is 2.90. The molecule has 5 nitrogen and oxygen atoms in total. The minimum atomic E-state index is -0.401. The van der Waals surface area contributed by atoms with Crippen molar-refractivity contribution in [2.45, 2.75) is 12.3 Å². The van der Waals surface area contributed by atoms with Gasteiger partial charge in [0, 0.05) is 12.0 Å². The van der Waals surface area contributed by atoms with E-state index < -0.39 is 5.97 Å². The smallest absolute Gasteiger partial charge is 0.343 e. The van der Waals surface area contributed by atoms with Gasteiger partial charge in [0.2, 0.25) is 0 Å². The molecule has 0 amide bonds. The Morgan fingerprint density at radius 3 is 1.85 bits per heavy atom. The number of ether oxygens (including phenoxy) is 3. The quantitative estimate of drug-likeness (QED) is 0.282. The van der Waals surface area contributed by atoms with Crippen LogP contribution in [0.1, 0.15) is 37.8 Å². The number of hydrogen-bond donors (Lipinski definition) is 0. The molecule has 1 aliphatic heterocycles. The third-order valence-corrected chi connectivity index (χ3v) is 5.74. The van der Waals surface area contributed by atoms with Gasteiger partial charge in [-0.3, -0.25) is 0 Å². The summed E-state index contributed by atoms with van der Waals surface area (Å²) in [7, 11) is 0. The highest BCUT2D eigenvalue weighted by atomic mass is 16.5. The van der Waals surface area contributed by atoms with Crippen LogP contribution in [0.2, 0.25) is 0 Å². The molecule has 0 saturated heterocycles. The molecule has 0 aromatic heterocycles. The standard InChI is InChI=1S/C29H22O5/c30-28(21-7-3-1-4-8-21)33-25-14-11-20(12-15-25)24-17-23-13-16-26(18-27(23)32-19-24)34-29(31)22-9-5-2-6-10-22/h1-16,18,24H,17,19H2/t24-/m1/s1. The lowest BCUT2D eigenvalue weighted by atomic mass is 9.90. The van der Waals surface area contributed by atoms with Gasteiger partial charge in [-0.25, -0.2) is 9.59 Å². The average molecular weight is 450 g/mol. The van der Waals surface area contributed by atoms with Crippen molar-refractivity contribution < 1.29 is 23.8 Å². The van der Waals surface area contributed by atoms with Crippen LogP contribution in [0.5, 0.6) is 17.2 Å². The molecule has 0 N–H and O–H groups in total. The summed E-state index contributed by atoms with van der Waals surface area (Å²) in [4.78, 5) is 24.5. The molecule has 0 fully saturated rings. The van der Waals surface area contributed by atoms with Crippen molar-refractivity contribution in [1.29, 1.82) is 0 Å². The first-order valence-corrected chi connectivity index (χ1v) is 11.1. The lowest BCUT2D eigenvalue weighted by molar-refractivity contribution is 0.0724. The van der Waals surface area contributed by atoms with Crippen LogP contribution in [0, 0.1) is 0 Å². The van der Waals surface area contributed by atoms with Gasteiger partial charge in [-0.15, -0.1) is 0 Å². The number of fused-ring (bicyclic) bond motifs is 1. The SMILES string of the molecule is O=C(Oc1ccc([C@H]2COc3cc(OC(=O)c4ccccc4)ccc3C2)cc1)c1ccccc1. The Morgan fingerprint density at radius 2 is 1.24 bits per heavy atom. The van der Waals surface area contributed by atoms with E-state index >= 15 is 0 Å². The third kappa shape index (κ3) is 4.84. The minimum Gasteiger partial charge on any atom is -0.493 e. The molecule has 4 aromatic carbocycles. The van der Waals surface area contributed by atoms with Gasteiger partial charge in [-0.05, 0) is 60.0 Å². The van der Waals surface area contributed by atoms with Crippen molar-refractivity contribution in [3.63, 3.8) is 0 Å². The zero-order chi connectivity index (χ0) is 23.3. The first-order chi connectivity index (χ1) is 16.7. The summed E-state index contributed by atoms with van der Waals surface area (Å²) in [5, 5.41) is 0. The number of carbonyl (C=O) groups excluding carboxylic acids is 2. The number of hydrogen-bond acceptors (Lipinski definition) is 5. The topological polar surface area (TPSA) is 61.8 Å². The molecule has 34 heavy (non-hydrogen) atoms. The highest BCUT2D eigenvalue weighted by Crippen LogP contribution is 2.35. The van der Waals surface area contributed by atoms with Crippen LogP contribution in [0.15, 0.2) is 103 Å². The zero-order valence-electron chi connectivity index (χ0n) is 18.3. The van der Waals surface area contributed by atoms with E-state index in [4.69, 9.17) is 14.2 Å². The lowest BCUT2D eigenvalue weighted by Gasteiger charge is -2.26. The van der Waals surface area contributed by atoms with E-state index in [0.717, 1.165) is 23.3 Å². The number of esters is 2. The van der Waals surface area contributed by atoms with E-state index in [1.165, 1.54) is 0 Å². The molecule has 5 rings (SSSR count). The molecule has 168 valence electrons. The molecular weight excluding hydrogens is 428 g/mol. The summed E-state index contributed by atoms with van der Waals surface area (Å²) in [6, 6.07) is 30.8. The molecule has 1 atom stereocenters. The van der Waals surface area contributed by atoms with Gasteiger partial charge in [0.25, 0.3) is 0 Å². The van der Waals surface area contributed by atoms with E-state index in [9.17, 15) is 9.59 Å². The Kier molecular flexibility index (Phi) is 6.08. The molecule has 0 spiro atoms. The van der Waals surface area contributed by atoms with E-state index in [1.54, 1.807) is 72.8 Å². The summed E-state index contributed by atoms with van der Waals surface area (Å²) in [5.41, 5.74) is 3.16. The second-order valence-electron chi connectivity index (χ2n) is 8.06. The first kappa shape index (κ1) is 21.5. The molecule has 0 radical (unpaired) electrons. The van der Waals surface area contributed by atoms with E-state index in [1.807, 2.05) is 30.3 Å². The van der Waals surface area contributed by atoms with E-state index in [2.05, 4.69) is 0 Å². The maximum Gasteiger partial charge on any atom is 0.343 e. The highest BCUT2D eigenvalue weighted by molar-refractivity contribution is 5.91. The normalized spacial score (nSPS) is 14.4. The molecule has 0 bridgehead atoms. The maximum atomic E-state index is 12.3. The summed E-state index contributed by atoms with van der Waals surface area (Å²) in [5.74, 6) is 1.07. The Labute approximate surface area is 197 Å².